The molecule has 21 heavy (non-hydrogen) atoms. The second kappa shape index (κ2) is 5.45. The van der Waals surface area contributed by atoms with E-state index in [-0.39, 0.29) is 0 Å². The second-order valence-corrected chi connectivity index (χ2v) is 6.13. The molecule has 4 heteroatoms. The molecule has 1 aromatic carbocycles. The van der Waals surface area contributed by atoms with Crippen LogP contribution in [0.15, 0.2) is 36.5 Å². The number of fused-ring (bicyclic) bond motifs is 1. The summed E-state index contributed by atoms with van der Waals surface area (Å²) in [5, 5.41) is 10.5. The topological polar surface area (TPSA) is 53.4 Å². The van der Waals surface area contributed by atoms with Gasteiger partial charge in [0, 0.05) is 18.1 Å². The highest BCUT2D eigenvalue weighted by molar-refractivity contribution is 5.81. The third kappa shape index (κ3) is 2.76. The molecular weight excluding hydrogens is 264 g/mol. The number of likely N-dealkylation sites (tertiary alicyclic amines) is 1. The van der Waals surface area contributed by atoms with E-state index in [0.717, 1.165) is 25.2 Å². The predicted octanol–water partition coefficient (Wildman–Crippen LogP) is 2.92. The zero-order valence-corrected chi connectivity index (χ0v) is 12.2. The standard InChI is InChI=1S/C17H20N2O2/c1-17(16(20)21)7-10-19(11-8-17)12-13-6-9-18-15-5-3-2-4-14(13)15/h2-6,9H,7-8,10-12H2,1H3,(H,20,21). The number of carbonyl (C=O) groups is 1. The van der Waals surface area contributed by atoms with Crippen molar-refractivity contribution in [3.63, 3.8) is 0 Å². The molecule has 110 valence electrons. The summed E-state index contributed by atoms with van der Waals surface area (Å²) in [5.74, 6) is -0.670. The van der Waals surface area contributed by atoms with Crippen LogP contribution >= 0.6 is 0 Å². The van der Waals surface area contributed by atoms with Gasteiger partial charge in [0.15, 0.2) is 0 Å². The highest BCUT2D eigenvalue weighted by Gasteiger charge is 2.36. The summed E-state index contributed by atoms with van der Waals surface area (Å²) in [5.41, 5.74) is 1.72. The second-order valence-electron chi connectivity index (χ2n) is 6.13. The van der Waals surface area contributed by atoms with Crippen molar-refractivity contribution in [1.29, 1.82) is 0 Å². The van der Waals surface area contributed by atoms with E-state index in [9.17, 15) is 9.90 Å². The van der Waals surface area contributed by atoms with Crippen molar-refractivity contribution in [2.45, 2.75) is 26.3 Å². The Hall–Kier alpha value is -1.94. The molecule has 2 aromatic rings. The van der Waals surface area contributed by atoms with Crippen molar-refractivity contribution in [2.75, 3.05) is 13.1 Å². The van der Waals surface area contributed by atoms with Crippen LogP contribution in [0, 0.1) is 5.41 Å². The van der Waals surface area contributed by atoms with Crippen LogP contribution in [0.25, 0.3) is 10.9 Å². The predicted molar refractivity (Wildman–Crippen MR) is 82.0 cm³/mol. The third-order valence-electron chi connectivity index (χ3n) is 4.61. The van der Waals surface area contributed by atoms with E-state index in [0.29, 0.717) is 12.8 Å². The quantitative estimate of drug-likeness (QED) is 0.941. The SMILES string of the molecule is CC1(C(=O)O)CCN(Cc2ccnc3ccccc23)CC1. The maximum atomic E-state index is 11.3. The number of benzene rings is 1. The first kappa shape index (κ1) is 14.0. The molecule has 0 bridgehead atoms. The van der Waals surface area contributed by atoms with E-state index in [1.165, 1.54) is 10.9 Å². The van der Waals surface area contributed by atoms with Crippen LogP contribution in [0.4, 0.5) is 0 Å². The summed E-state index contributed by atoms with van der Waals surface area (Å²) >= 11 is 0. The number of aliphatic carboxylic acids is 1. The van der Waals surface area contributed by atoms with Crippen LogP contribution in [0.2, 0.25) is 0 Å². The lowest BCUT2D eigenvalue weighted by atomic mass is 9.80. The normalized spacial score (nSPS) is 18.7. The number of para-hydroxylation sites is 1. The van der Waals surface area contributed by atoms with E-state index in [2.05, 4.69) is 22.0 Å². The lowest BCUT2D eigenvalue weighted by Gasteiger charge is -2.36. The number of rotatable bonds is 3. The minimum Gasteiger partial charge on any atom is -0.481 e. The fourth-order valence-electron chi connectivity index (χ4n) is 2.95. The summed E-state index contributed by atoms with van der Waals surface area (Å²) in [6, 6.07) is 10.2. The first-order chi connectivity index (χ1) is 10.1. The molecule has 0 unspecified atom stereocenters. The van der Waals surface area contributed by atoms with Crippen LogP contribution in [0.5, 0.6) is 0 Å². The van der Waals surface area contributed by atoms with Crippen LogP contribution in [-0.4, -0.2) is 34.0 Å². The number of piperidine rings is 1. The van der Waals surface area contributed by atoms with Crippen molar-refractivity contribution in [2.24, 2.45) is 5.41 Å². The Morgan fingerprint density at radius 1 is 1.29 bits per heavy atom. The summed E-state index contributed by atoms with van der Waals surface area (Å²) in [6.45, 7) is 4.38. The van der Waals surface area contributed by atoms with E-state index >= 15 is 0 Å². The molecule has 3 rings (SSSR count). The molecule has 2 heterocycles. The van der Waals surface area contributed by atoms with Gasteiger partial charge in [-0.3, -0.25) is 14.7 Å². The van der Waals surface area contributed by atoms with Gasteiger partial charge in [-0.05, 0) is 50.6 Å². The summed E-state index contributed by atoms with van der Waals surface area (Å²) in [7, 11) is 0. The van der Waals surface area contributed by atoms with Gasteiger partial charge in [-0.1, -0.05) is 18.2 Å². The van der Waals surface area contributed by atoms with E-state index in [1.54, 1.807) is 0 Å². The van der Waals surface area contributed by atoms with Gasteiger partial charge in [-0.2, -0.15) is 0 Å². The molecule has 1 N–H and O–H groups in total. The van der Waals surface area contributed by atoms with Gasteiger partial charge in [0.25, 0.3) is 0 Å². The molecule has 1 aliphatic heterocycles. The van der Waals surface area contributed by atoms with Gasteiger partial charge < -0.3 is 5.11 Å². The van der Waals surface area contributed by atoms with Crippen molar-refractivity contribution in [3.05, 3.63) is 42.1 Å². The molecule has 0 aliphatic carbocycles. The largest absolute Gasteiger partial charge is 0.481 e. The van der Waals surface area contributed by atoms with Gasteiger partial charge in [0.1, 0.15) is 0 Å². The summed E-state index contributed by atoms with van der Waals surface area (Å²) in [6.07, 6.45) is 3.28. The summed E-state index contributed by atoms with van der Waals surface area (Å²) < 4.78 is 0. The molecule has 1 aromatic heterocycles. The highest BCUT2D eigenvalue weighted by atomic mass is 16.4. The molecule has 0 atom stereocenters. The summed E-state index contributed by atoms with van der Waals surface area (Å²) in [4.78, 5) is 18.0. The molecular formula is C17H20N2O2. The molecule has 4 nitrogen and oxygen atoms in total. The molecule has 1 fully saturated rings. The van der Waals surface area contributed by atoms with Gasteiger partial charge in [-0.25, -0.2) is 0 Å². The number of pyridine rings is 1. The zero-order chi connectivity index (χ0) is 14.9. The number of carboxylic acids is 1. The Bertz CT molecular complexity index is 655. The fourth-order valence-corrected chi connectivity index (χ4v) is 2.95. The number of nitrogens with zero attached hydrogens (tertiary/aromatic N) is 2. The van der Waals surface area contributed by atoms with E-state index < -0.39 is 11.4 Å². The molecule has 1 aliphatic rings. The number of carboxylic acid groups (broad SMARTS) is 1. The molecule has 0 saturated carbocycles. The van der Waals surface area contributed by atoms with Crippen molar-refractivity contribution < 1.29 is 9.90 Å². The Morgan fingerprint density at radius 3 is 2.71 bits per heavy atom. The lowest BCUT2D eigenvalue weighted by Crippen LogP contribution is -2.42. The monoisotopic (exact) mass is 284 g/mol. The number of aromatic nitrogens is 1. The lowest BCUT2D eigenvalue weighted by molar-refractivity contribution is -0.150. The van der Waals surface area contributed by atoms with E-state index in [1.807, 2.05) is 31.3 Å². The fraction of sp³-hybridized carbons (Fsp3) is 0.412. The molecule has 0 spiro atoms. The van der Waals surface area contributed by atoms with Crippen molar-refractivity contribution in [3.8, 4) is 0 Å². The maximum absolute atomic E-state index is 11.3. The number of hydrogen-bond acceptors (Lipinski definition) is 3. The van der Waals surface area contributed by atoms with Crippen LogP contribution in [-0.2, 0) is 11.3 Å². The minimum atomic E-state index is -0.670. The minimum absolute atomic E-state index is 0.559. The molecule has 0 amide bonds. The zero-order valence-electron chi connectivity index (χ0n) is 12.2. The van der Waals surface area contributed by atoms with Crippen molar-refractivity contribution >= 4 is 16.9 Å². The highest BCUT2D eigenvalue weighted by Crippen LogP contribution is 2.32. The van der Waals surface area contributed by atoms with Crippen LogP contribution in [0.1, 0.15) is 25.3 Å². The average molecular weight is 284 g/mol. The van der Waals surface area contributed by atoms with Gasteiger partial charge in [-0.15, -0.1) is 0 Å². The van der Waals surface area contributed by atoms with Gasteiger partial charge in [0.05, 0.1) is 10.9 Å². The first-order valence-corrected chi connectivity index (χ1v) is 7.37. The number of hydrogen-bond donors (Lipinski definition) is 1. The Labute approximate surface area is 124 Å². The Kier molecular flexibility index (Phi) is 3.64. The first-order valence-electron chi connectivity index (χ1n) is 7.37. The molecule has 0 radical (unpaired) electrons. The van der Waals surface area contributed by atoms with Crippen LogP contribution in [0.3, 0.4) is 0 Å². The smallest absolute Gasteiger partial charge is 0.309 e. The maximum Gasteiger partial charge on any atom is 0.309 e. The van der Waals surface area contributed by atoms with Crippen LogP contribution < -0.4 is 0 Å². The third-order valence-corrected chi connectivity index (χ3v) is 4.61. The average Bonchev–Trinajstić information content (AvgIpc) is 2.50. The van der Waals surface area contributed by atoms with Gasteiger partial charge in [0.2, 0.25) is 0 Å². The van der Waals surface area contributed by atoms with Gasteiger partial charge >= 0.3 is 5.97 Å². The van der Waals surface area contributed by atoms with Crippen molar-refractivity contribution in [1.82, 2.24) is 9.88 Å². The molecule has 1 saturated heterocycles. The Balaban J connectivity index is 1.74. The van der Waals surface area contributed by atoms with E-state index in [4.69, 9.17) is 0 Å². The Morgan fingerprint density at radius 2 is 2.00 bits per heavy atom.